The highest BCUT2D eigenvalue weighted by Gasteiger charge is 2.21. The molecule has 124 valence electrons. The minimum absolute atomic E-state index is 0. The summed E-state index contributed by atoms with van der Waals surface area (Å²) >= 11 is 2.09. The van der Waals surface area contributed by atoms with E-state index in [1.54, 1.807) is 0 Å². The van der Waals surface area contributed by atoms with Crippen LogP contribution < -0.4 is 5.32 Å². The Morgan fingerprint density at radius 2 is 2.32 bits per heavy atom. The zero-order valence-corrected chi connectivity index (χ0v) is 16.6. The van der Waals surface area contributed by atoms with E-state index in [2.05, 4.69) is 46.9 Å². The third kappa shape index (κ3) is 6.32. The number of nitrogens with zero attached hydrogens (tertiary/aromatic N) is 3. The second-order valence-corrected chi connectivity index (χ2v) is 6.56. The van der Waals surface area contributed by atoms with E-state index in [4.69, 9.17) is 4.99 Å². The SMILES string of the molecule is CCNC(=NCCc1ccccn1)N1CCSC(CC)C1.I. The molecule has 0 radical (unpaired) electrons. The first kappa shape index (κ1) is 19.5. The van der Waals surface area contributed by atoms with E-state index in [0.717, 1.165) is 49.5 Å². The van der Waals surface area contributed by atoms with Gasteiger partial charge in [0.05, 0.1) is 0 Å². The molecule has 1 aliphatic heterocycles. The van der Waals surface area contributed by atoms with E-state index in [0.29, 0.717) is 0 Å². The van der Waals surface area contributed by atoms with Crippen LogP contribution in [0.15, 0.2) is 29.4 Å². The average Bonchev–Trinajstić information content (AvgIpc) is 2.55. The highest BCUT2D eigenvalue weighted by molar-refractivity contribution is 14.0. The van der Waals surface area contributed by atoms with Gasteiger partial charge in [0.1, 0.15) is 0 Å². The number of nitrogens with one attached hydrogen (secondary N) is 1. The van der Waals surface area contributed by atoms with Crippen LogP contribution in [0.1, 0.15) is 26.0 Å². The van der Waals surface area contributed by atoms with Crippen LogP contribution in [0.3, 0.4) is 0 Å². The lowest BCUT2D eigenvalue weighted by molar-refractivity contribution is 0.408. The van der Waals surface area contributed by atoms with Gasteiger partial charge >= 0.3 is 0 Å². The summed E-state index contributed by atoms with van der Waals surface area (Å²) in [7, 11) is 0. The van der Waals surface area contributed by atoms with Gasteiger partial charge in [0.25, 0.3) is 0 Å². The summed E-state index contributed by atoms with van der Waals surface area (Å²) in [5.41, 5.74) is 1.11. The van der Waals surface area contributed by atoms with E-state index in [9.17, 15) is 0 Å². The molecular formula is C16H27IN4S. The van der Waals surface area contributed by atoms with Crippen LogP contribution in [0.2, 0.25) is 0 Å². The van der Waals surface area contributed by atoms with E-state index >= 15 is 0 Å². The predicted molar refractivity (Wildman–Crippen MR) is 107 cm³/mol. The minimum Gasteiger partial charge on any atom is -0.357 e. The highest BCUT2D eigenvalue weighted by atomic mass is 127. The number of hydrogen-bond acceptors (Lipinski definition) is 3. The van der Waals surface area contributed by atoms with Crippen LogP contribution in [0.5, 0.6) is 0 Å². The molecule has 4 nitrogen and oxygen atoms in total. The lowest BCUT2D eigenvalue weighted by Gasteiger charge is -2.34. The van der Waals surface area contributed by atoms with Crippen LogP contribution >= 0.6 is 35.7 Å². The molecule has 1 saturated heterocycles. The van der Waals surface area contributed by atoms with Gasteiger partial charge in [-0.1, -0.05) is 13.0 Å². The van der Waals surface area contributed by atoms with Gasteiger partial charge in [0, 0.05) is 55.5 Å². The Hall–Kier alpha value is -0.500. The van der Waals surface area contributed by atoms with Crippen molar-refractivity contribution in [3.8, 4) is 0 Å². The van der Waals surface area contributed by atoms with Gasteiger partial charge in [-0.15, -0.1) is 24.0 Å². The van der Waals surface area contributed by atoms with Gasteiger partial charge in [0.2, 0.25) is 0 Å². The number of aliphatic imine (C=N–C) groups is 1. The van der Waals surface area contributed by atoms with Crippen LogP contribution in [-0.4, -0.2) is 53.0 Å². The Labute approximate surface area is 155 Å². The normalized spacial score (nSPS) is 18.7. The number of pyridine rings is 1. The molecule has 2 heterocycles. The van der Waals surface area contributed by atoms with E-state index in [1.807, 2.05) is 18.3 Å². The van der Waals surface area contributed by atoms with Gasteiger partial charge in [-0.25, -0.2) is 0 Å². The molecule has 1 atom stereocenters. The Kier molecular flexibility index (Phi) is 9.86. The van der Waals surface area contributed by atoms with Crippen molar-refractivity contribution in [1.29, 1.82) is 0 Å². The molecule has 1 aromatic rings. The molecule has 0 bridgehead atoms. The molecule has 1 N–H and O–H groups in total. The average molecular weight is 434 g/mol. The number of aromatic nitrogens is 1. The quantitative estimate of drug-likeness (QED) is 0.440. The predicted octanol–water partition coefficient (Wildman–Crippen LogP) is 3.04. The first-order valence-corrected chi connectivity index (χ1v) is 8.93. The van der Waals surface area contributed by atoms with Crippen molar-refractivity contribution in [3.63, 3.8) is 0 Å². The van der Waals surface area contributed by atoms with Gasteiger partial charge < -0.3 is 10.2 Å². The zero-order chi connectivity index (χ0) is 14.9. The maximum absolute atomic E-state index is 4.78. The fourth-order valence-corrected chi connectivity index (χ4v) is 3.59. The maximum Gasteiger partial charge on any atom is 0.193 e. The van der Waals surface area contributed by atoms with Crippen molar-refractivity contribution in [3.05, 3.63) is 30.1 Å². The lowest BCUT2D eigenvalue weighted by Crippen LogP contribution is -2.48. The molecule has 0 aliphatic carbocycles. The number of thioether (sulfide) groups is 1. The topological polar surface area (TPSA) is 40.5 Å². The molecule has 1 fully saturated rings. The van der Waals surface area contributed by atoms with E-state index in [1.165, 1.54) is 12.2 Å². The summed E-state index contributed by atoms with van der Waals surface area (Å²) in [5.74, 6) is 2.26. The smallest absolute Gasteiger partial charge is 0.193 e. The van der Waals surface area contributed by atoms with Gasteiger partial charge in [-0.3, -0.25) is 9.98 Å². The first-order valence-electron chi connectivity index (χ1n) is 7.88. The van der Waals surface area contributed by atoms with Crippen molar-refractivity contribution in [2.45, 2.75) is 31.9 Å². The number of rotatable bonds is 5. The summed E-state index contributed by atoms with van der Waals surface area (Å²) in [4.78, 5) is 11.5. The monoisotopic (exact) mass is 434 g/mol. The fraction of sp³-hybridized carbons (Fsp3) is 0.625. The maximum atomic E-state index is 4.78. The Morgan fingerprint density at radius 1 is 1.45 bits per heavy atom. The molecule has 0 aromatic carbocycles. The molecule has 0 spiro atoms. The highest BCUT2D eigenvalue weighted by Crippen LogP contribution is 2.21. The third-order valence-electron chi connectivity index (χ3n) is 3.58. The van der Waals surface area contributed by atoms with Crippen molar-refractivity contribution < 1.29 is 0 Å². The second-order valence-electron chi connectivity index (χ2n) is 5.15. The van der Waals surface area contributed by atoms with Crippen molar-refractivity contribution in [2.24, 2.45) is 4.99 Å². The van der Waals surface area contributed by atoms with Crippen LogP contribution in [0.4, 0.5) is 0 Å². The summed E-state index contributed by atoms with van der Waals surface area (Å²) in [5, 5.41) is 4.16. The van der Waals surface area contributed by atoms with Crippen LogP contribution in [0, 0.1) is 0 Å². The number of guanidine groups is 1. The fourth-order valence-electron chi connectivity index (χ4n) is 2.41. The lowest BCUT2D eigenvalue weighted by atomic mass is 10.3. The molecule has 6 heteroatoms. The summed E-state index contributed by atoms with van der Waals surface area (Å²) in [6.07, 6.45) is 3.97. The van der Waals surface area contributed by atoms with Crippen LogP contribution in [-0.2, 0) is 6.42 Å². The molecule has 1 aromatic heterocycles. The molecule has 1 unspecified atom stereocenters. The summed E-state index contributed by atoms with van der Waals surface area (Å²) in [6.45, 7) is 8.31. The van der Waals surface area contributed by atoms with Gasteiger partial charge in [-0.05, 0) is 25.5 Å². The van der Waals surface area contributed by atoms with Gasteiger partial charge in [0.15, 0.2) is 5.96 Å². The molecule has 22 heavy (non-hydrogen) atoms. The first-order chi connectivity index (χ1) is 10.3. The zero-order valence-electron chi connectivity index (χ0n) is 13.5. The largest absolute Gasteiger partial charge is 0.357 e. The van der Waals surface area contributed by atoms with Crippen molar-refractivity contribution in [1.82, 2.24) is 15.2 Å². The minimum atomic E-state index is 0. The van der Waals surface area contributed by atoms with Crippen molar-refractivity contribution in [2.75, 3.05) is 31.9 Å². The molecule has 1 aliphatic rings. The van der Waals surface area contributed by atoms with Gasteiger partial charge in [-0.2, -0.15) is 11.8 Å². The molecule has 0 saturated carbocycles. The van der Waals surface area contributed by atoms with Crippen molar-refractivity contribution >= 4 is 41.7 Å². The number of halogens is 1. The van der Waals surface area contributed by atoms with E-state index in [-0.39, 0.29) is 24.0 Å². The number of hydrogen-bond donors (Lipinski definition) is 1. The Morgan fingerprint density at radius 3 is 3.00 bits per heavy atom. The third-order valence-corrected chi connectivity index (χ3v) is 4.96. The van der Waals surface area contributed by atoms with Crippen LogP contribution in [0.25, 0.3) is 0 Å². The van der Waals surface area contributed by atoms with E-state index < -0.39 is 0 Å². The second kappa shape index (κ2) is 11.1. The standard InChI is InChI=1S/C16H26N4S.HI/c1-3-15-13-20(11-12-21-15)16(17-4-2)19-10-8-14-7-5-6-9-18-14;/h5-7,9,15H,3-4,8,10-13H2,1-2H3,(H,17,19);1H. The summed E-state index contributed by atoms with van der Waals surface area (Å²) < 4.78 is 0. The molecule has 0 amide bonds. The molecule has 2 rings (SSSR count). The Bertz CT molecular complexity index is 441. The Balaban J connectivity index is 0.00000242. The molecular weight excluding hydrogens is 407 g/mol. The summed E-state index contributed by atoms with van der Waals surface area (Å²) in [6, 6.07) is 6.05.